The van der Waals surface area contributed by atoms with Gasteiger partial charge in [0.15, 0.2) is 0 Å². The fourth-order valence-electron chi connectivity index (χ4n) is 1.55. The lowest BCUT2D eigenvalue weighted by Crippen LogP contribution is -2.03. The lowest BCUT2D eigenvalue weighted by molar-refractivity contribution is -0.385. The summed E-state index contributed by atoms with van der Waals surface area (Å²) in [6, 6.07) is 12.1. The van der Waals surface area contributed by atoms with Crippen LogP contribution in [0.5, 0.6) is 11.5 Å². The number of carboxylic acids is 1. The van der Waals surface area contributed by atoms with Crippen LogP contribution < -0.4 is 4.74 Å². The van der Waals surface area contributed by atoms with Gasteiger partial charge in [-0.1, -0.05) is 24.3 Å². The first-order valence-electron chi connectivity index (χ1n) is 5.33. The van der Waals surface area contributed by atoms with Gasteiger partial charge in [0.25, 0.3) is 0 Å². The van der Waals surface area contributed by atoms with Crippen molar-refractivity contribution in [3.8, 4) is 11.5 Å². The van der Waals surface area contributed by atoms with Crippen molar-refractivity contribution < 1.29 is 19.6 Å². The van der Waals surface area contributed by atoms with Crippen molar-refractivity contribution >= 4 is 11.7 Å². The van der Waals surface area contributed by atoms with Crippen molar-refractivity contribution in [1.82, 2.24) is 0 Å². The van der Waals surface area contributed by atoms with E-state index in [1.807, 2.05) is 0 Å². The average molecular weight is 259 g/mol. The summed E-state index contributed by atoms with van der Waals surface area (Å²) < 4.78 is 5.34. The molecule has 0 heterocycles. The Hall–Kier alpha value is -2.89. The Morgan fingerprint density at radius 1 is 1.11 bits per heavy atom. The van der Waals surface area contributed by atoms with Gasteiger partial charge in [0, 0.05) is 6.07 Å². The van der Waals surface area contributed by atoms with Crippen molar-refractivity contribution in [2.75, 3.05) is 0 Å². The van der Waals surface area contributed by atoms with E-state index in [2.05, 4.69) is 0 Å². The number of nitro benzene ring substituents is 1. The van der Waals surface area contributed by atoms with E-state index in [9.17, 15) is 14.9 Å². The molecule has 0 atom stereocenters. The second-order valence-electron chi connectivity index (χ2n) is 3.63. The molecule has 2 aromatic carbocycles. The van der Waals surface area contributed by atoms with Gasteiger partial charge < -0.3 is 9.84 Å². The molecular weight excluding hydrogens is 250 g/mol. The van der Waals surface area contributed by atoms with E-state index in [0.29, 0.717) is 5.75 Å². The van der Waals surface area contributed by atoms with Gasteiger partial charge in [-0.15, -0.1) is 0 Å². The molecule has 2 aromatic rings. The van der Waals surface area contributed by atoms with Crippen molar-refractivity contribution in [3.05, 3.63) is 64.2 Å². The number of hydrogen-bond acceptors (Lipinski definition) is 4. The largest absolute Gasteiger partial charge is 0.478 e. The lowest BCUT2D eigenvalue weighted by Gasteiger charge is -2.08. The third-order valence-electron chi connectivity index (χ3n) is 2.38. The number of rotatable bonds is 4. The maximum absolute atomic E-state index is 11.1. The van der Waals surface area contributed by atoms with Crippen LogP contribution in [0.2, 0.25) is 0 Å². The molecule has 0 bridgehead atoms. The topological polar surface area (TPSA) is 89.7 Å². The zero-order chi connectivity index (χ0) is 13.8. The second-order valence-corrected chi connectivity index (χ2v) is 3.63. The Labute approximate surface area is 108 Å². The van der Waals surface area contributed by atoms with Gasteiger partial charge in [0.1, 0.15) is 11.3 Å². The molecule has 6 heteroatoms. The molecular formula is C13H9NO5. The van der Waals surface area contributed by atoms with Crippen LogP contribution >= 0.6 is 0 Å². The number of ether oxygens (including phenoxy) is 1. The molecule has 96 valence electrons. The molecule has 19 heavy (non-hydrogen) atoms. The van der Waals surface area contributed by atoms with Gasteiger partial charge >= 0.3 is 11.7 Å². The van der Waals surface area contributed by atoms with Crippen LogP contribution in [-0.2, 0) is 0 Å². The minimum Gasteiger partial charge on any atom is -0.478 e. The molecule has 0 saturated heterocycles. The Kier molecular flexibility index (Phi) is 3.42. The third-order valence-corrected chi connectivity index (χ3v) is 2.38. The highest BCUT2D eigenvalue weighted by Crippen LogP contribution is 2.34. The SMILES string of the molecule is O=C(O)c1cccc([N+](=O)[O-])c1Oc1ccccc1. The first-order chi connectivity index (χ1) is 9.09. The highest BCUT2D eigenvalue weighted by molar-refractivity contribution is 5.92. The first kappa shape index (κ1) is 12.6. The van der Waals surface area contributed by atoms with Crippen LogP contribution in [0, 0.1) is 10.1 Å². The number of nitrogens with zero attached hydrogens (tertiary/aromatic N) is 1. The Balaban J connectivity index is 2.52. The van der Waals surface area contributed by atoms with Crippen LogP contribution in [0.1, 0.15) is 10.4 Å². The summed E-state index contributed by atoms with van der Waals surface area (Å²) in [5, 5.41) is 20.0. The predicted molar refractivity (Wildman–Crippen MR) is 66.6 cm³/mol. The predicted octanol–water partition coefficient (Wildman–Crippen LogP) is 3.09. The van der Waals surface area contributed by atoms with Crippen LogP contribution in [0.15, 0.2) is 48.5 Å². The maximum Gasteiger partial charge on any atom is 0.339 e. The van der Waals surface area contributed by atoms with E-state index in [1.54, 1.807) is 30.3 Å². The van der Waals surface area contributed by atoms with Gasteiger partial charge in [-0.3, -0.25) is 10.1 Å². The molecule has 0 aliphatic rings. The molecule has 2 rings (SSSR count). The Morgan fingerprint density at radius 3 is 2.37 bits per heavy atom. The first-order valence-corrected chi connectivity index (χ1v) is 5.33. The standard InChI is InChI=1S/C13H9NO5/c15-13(16)10-7-4-8-11(14(17)18)12(10)19-9-5-2-1-3-6-9/h1-8H,(H,15,16). The molecule has 0 unspecified atom stereocenters. The molecule has 0 aliphatic carbocycles. The number of benzene rings is 2. The Bertz CT molecular complexity index is 592. The average Bonchev–Trinajstić information content (AvgIpc) is 2.39. The minimum atomic E-state index is -1.28. The Morgan fingerprint density at radius 2 is 1.79 bits per heavy atom. The number of carbonyl (C=O) groups is 1. The van der Waals surface area contributed by atoms with Crippen molar-refractivity contribution in [2.45, 2.75) is 0 Å². The number of nitro groups is 1. The summed E-state index contributed by atoms with van der Waals surface area (Å²) in [7, 11) is 0. The van der Waals surface area contributed by atoms with Gasteiger partial charge in [0.05, 0.1) is 4.92 Å². The van der Waals surface area contributed by atoms with Gasteiger partial charge in [-0.05, 0) is 18.2 Å². The summed E-state index contributed by atoms with van der Waals surface area (Å²) in [4.78, 5) is 21.3. The number of hydrogen-bond donors (Lipinski definition) is 1. The normalized spacial score (nSPS) is 9.89. The summed E-state index contributed by atoms with van der Waals surface area (Å²) in [5.74, 6) is -1.22. The number of carboxylic acid groups (broad SMARTS) is 1. The van der Waals surface area contributed by atoms with E-state index in [-0.39, 0.29) is 17.0 Å². The molecule has 0 radical (unpaired) electrons. The highest BCUT2D eigenvalue weighted by Gasteiger charge is 2.23. The zero-order valence-electron chi connectivity index (χ0n) is 9.65. The van der Waals surface area contributed by atoms with Crippen molar-refractivity contribution in [3.63, 3.8) is 0 Å². The molecule has 0 aliphatic heterocycles. The lowest BCUT2D eigenvalue weighted by atomic mass is 10.1. The highest BCUT2D eigenvalue weighted by atomic mass is 16.6. The van der Waals surface area contributed by atoms with Gasteiger partial charge in [-0.2, -0.15) is 0 Å². The summed E-state index contributed by atoms with van der Waals surface area (Å²) in [5.41, 5.74) is -0.637. The molecule has 0 aromatic heterocycles. The van der Waals surface area contributed by atoms with E-state index < -0.39 is 10.9 Å². The maximum atomic E-state index is 11.1. The number of para-hydroxylation sites is 2. The third kappa shape index (κ3) is 2.68. The minimum absolute atomic E-state index is 0.252. The van der Waals surface area contributed by atoms with Gasteiger partial charge in [0.2, 0.25) is 5.75 Å². The molecule has 0 saturated carbocycles. The molecule has 0 amide bonds. The van der Waals surface area contributed by atoms with E-state index in [0.717, 1.165) is 0 Å². The molecule has 1 N–H and O–H groups in total. The zero-order valence-corrected chi connectivity index (χ0v) is 9.65. The second kappa shape index (κ2) is 5.18. The van der Waals surface area contributed by atoms with E-state index >= 15 is 0 Å². The van der Waals surface area contributed by atoms with Crippen LogP contribution in [0.4, 0.5) is 5.69 Å². The number of aromatic carboxylic acids is 1. The summed E-state index contributed by atoms with van der Waals surface area (Å²) in [6.45, 7) is 0. The van der Waals surface area contributed by atoms with E-state index in [4.69, 9.17) is 9.84 Å². The van der Waals surface area contributed by atoms with Crippen LogP contribution in [0.25, 0.3) is 0 Å². The van der Waals surface area contributed by atoms with Crippen LogP contribution in [0.3, 0.4) is 0 Å². The monoisotopic (exact) mass is 259 g/mol. The van der Waals surface area contributed by atoms with Gasteiger partial charge in [-0.25, -0.2) is 4.79 Å². The van der Waals surface area contributed by atoms with Crippen molar-refractivity contribution in [2.24, 2.45) is 0 Å². The quantitative estimate of drug-likeness (QED) is 0.673. The summed E-state index contributed by atoms with van der Waals surface area (Å²) >= 11 is 0. The fourth-order valence-corrected chi connectivity index (χ4v) is 1.55. The summed E-state index contributed by atoms with van der Waals surface area (Å²) in [6.07, 6.45) is 0. The van der Waals surface area contributed by atoms with Crippen LogP contribution in [-0.4, -0.2) is 16.0 Å². The smallest absolute Gasteiger partial charge is 0.339 e. The van der Waals surface area contributed by atoms with Crippen molar-refractivity contribution in [1.29, 1.82) is 0 Å². The molecule has 6 nitrogen and oxygen atoms in total. The fraction of sp³-hybridized carbons (Fsp3) is 0. The molecule has 0 fully saturated rings. The molecule has 0 spiro atoms. The van der Waals surface area contributed by atoms with E-state index in [1.165, 1.54) is 18.2 Å².